The molecule has 7 N–H and O–H groups in total. The Bertz CT molecular complexity index is 311. The first-order valence-corrected chi connectivity index (χ1v) is 6.63. The molecule has 0 aliphatic carbocycles. The molecule has 0 radical (unpaired) electrons. The minimum atomic E-state index is -0.948. The van der Waals surface area contributed by atoms with Crippen molar-refractivity contribution in [3.63, 3.8) is 0 Å². The lowest BCUT2D eigenvalue weighted by atomic mass is 10.1. The van der Waals surface area contributed by atoms with E-state index in [9.17, 15) is 19.2 Å². The number of rotatable bonds is 11. The molecule has 0 amide bonds. The Kier molecular flexibility index (Phi) is 19.1. The van der Waals surface area contributed by atoms with Gasteiger partial charge in [-0.15, -0.1) is 0 Å². The van der Waals surface area contributed by atoms with Crippen LogP contribution < -0.4 is 6.15 Å². The van der Waals surface area contributed by atoms with Crippen LogP contribution in [0.3, 0.4) is 0 Å². The fourth-order valence-electron chi connectivity index (χ4n) is 1.30. The summed E-state index contributed by atoms with van der Waals surface area (Å²) in [5.74, 6) is -3.46. The number of unbranched alkanes of at least 4 members (excludes halogenated alkanes) is 3. The normalized spacial score (nSPS) is 8.91. The molecule has 0 unspecified atom stereocenters. The van der Waals surface area contributed by atoms with Gasteiger partial charge in [-0.05, 0) is 19.3 Å². The molecule has 0 aromatic heterocycles. The van der Waals surface area contributed by atoms with Gasteiger partial charge in [-0.3, -0.25) is 19.2 Å². The predicted molar refractivity (Wildman–Crippen MR) is 77.1 cm³/mol. The minimum Gasteiger partial charge on any atom is -0.481 e. The van der Waals surface area contributed by atoms with Crippen LogP contribution >= 0.6 is 0 Å². The van der Waals surface area contributed by atoms with Crippen molar-refractivity contribution in [1.82, 2.24) is 6.15 Å². The van der Waals surface area contributed by atoms with E-state index in [2.05, 4.69) is 0 Å². The molecule has 0 heterocycles. The molecular formula is C13H25NO8. The van der Waals surface area contributed by atoms with Gasteiger partial charge < -0.3 is 26.6 Å². The number of aliphatic carboxylic acids is 4. The van der Waals surface area contributed by atoms with Crippen molar-refractivity contribution >= 4 is 23.9 Å². The number of carboxylic acids is 4. The van der Waals surface area contributed by atoms with Gasteiger partial charge in [0.05, 0.1) is 0 Å². The lowest BCUT2D eigenvalue weighted by molar-refractivity contribution is -0.139. The zero-order chi connectivity index (χ0) is 16.7. The summed E-state index contributed by atoms with van der Waals surface area (Å²) >= 11 is 0. The average molecular weight is 323 g/mol. The minimum absolute atomic E-state index is 0. The first kappa shape index (κ1) is 24.8. The van der Waals surface area contributed by atoms with Crippen LogP contribution in [0.1, 0.15) is 57.8 Å². The van der Waals surface area contributed by atoms with Crippen LogP contribution in [-0.2, 0) is 19.2 Å². The summed E-state index contributed by atoms with van der Waals surface area (Å²) in [4.78, 5) is 39.7. The molecule has 0 bridgehead atoms. The highest BCUT2D eigenvalue weighted by Crippen LogP contribution is 2.04. The maximum Gasteiger partial charge on any atom is 0.303 e. The van der Waals surface area contributed by atoms with Crippen molar-refractivity contribution in [3.05, 3.63) is 0 Å². The van der Waals surface area contributed by atoms with E-state index in [1.54, 1.807) is 0 Å². The van der Waals surface area contributed by atoms with Crippen molar-refractivity contribution < 1.29 is 39.6 Å². The third-order valence-corrected chi connectivity index (χ3v) is 2.31. The predicted octanol–water partition coefficient (Wildman–Crippen LogP) is 1.98. The topological polar surface area (TPSA) is 184 Å². The molecule has 0 aliphatic rings. The van der Waals surface area contributed by atoms with Crippen molar-refractivity contribution in [1.29, 1.82) is 0 Å². The fraction of sp³-hybridized carbons (Fsp3) is 0.692. The quantitative estimate of drug-likeness (QED) is 0.354. The number of carboxylic acid groups (broad SMARTS) is 4. The van der Waals surface area contributed by atoms with Gasteiger partial charge in [0.1, 0.15) is 0 Å². The van der Waals surface area contributed by atoms with Gasteiger partial charge in [0.15, 0.2) is 0 Å². The second kappa shape index (κ2) is 16.9. The van der Waals surface area contributed by atoms with E-state index in [0.29, 0.717) is 12.8 Å². The third-order valence-electron chi connectivity index (χ3n) is 2.31. The summed E-state index contributed by atoms with van der Waals surface area (Å²) < 4.78 is 0. The molecule has 0 aromatic rings. The number of hydrogen-bond donors (Lipinski definition) is 5. The highest BCUT2D eigenvalue weighted by Gasteiger charge is 2.00. The third kappa shape index (κ3) is 30.7. The fourth-order valence-corrected chi connectivity index (χ4v) is 1.30. The standard InChI is InChI=1S/C8H14O4.C5H8O4.H3N/c9-7(10)5-3-1-2-4-6-8(11)12;6-4(7)2-1-3-5(8)9;/h1-6H2,(H,9,10)(H,11,12);1-3H2,(H,6,7)(H,8,9);1H3. The zero-order valence-electron chi connectivity index (χ0n) is 12.5. The Morgan fingerprint density at radius 1 is 0.455 bits per heavy atom. The highest BCUT2D eigenvalue weighted by molar-refractivity contribution is 5.70. The van der Waals surface area contributed by atoms with Gasteiger partial charge >= 0.3 is 23.9 Å². The molecule has 0 atom stereocenters. The first-order valence-electron chi connectivity index (χ1n) is 6.63. The number of carbonyl (C=O) groups is 4. The Morgan fingerprint density at radius 3 is 0.909 bits per heavy atom. The molecule has 0 spiro atoms. The molecule has 0 rings (SSSR count). The lowest BCUT2D eigenvalue weighted by Crippen LogP contribution is -1.98. The molecule has 0 aromatic carbocycles. The second-order valence-electron chi connectivity index (χ2n) is 4.34. The maximum atomic E-state index is 10.0. The summed E-state index contributed by atoms with van der Waals surface area (Å²) in [5, 5.41) is 32.6. The van der Waals surface area contributed by atoms with Crippen molar-refractivity contribution in [2.45, 2.75) is 57.8 Å². The molecule has 0 aliphatic heterocycles. The van der Waals surface area contributed by atoms with Gasteiger partial charge in [0.25, 0.3) is 0 Å². The lowest BCUT2D eigenvalue weighted by Gasteiger charge is -1.96. The smallest absolute Gasteiger partial charge is 0.303 e. The van der Waals surface area contributed by atoms with Crippen molar-refractivity contribution in [2.75, 3.05) is 0 Å². The Labute approximate surface area is 128 Å². The molecular weight excluding hydrogens is 298 g/mol. The molecule has 9 heteroatoms. The van der Waals surface area contributed by atoms with E-state index < -0.39 is 23.9 Å². The second-order valence-corrected chi connectivity index (χ2v) is 4.34. The summed E-state index contributed by atoms with van der Waals surface area (Å²) in [6.07, 6.45) is 3.37. The van der Waals surface area contributed by atoms with E-state index in [4.69, 9.17) is 20.4 Å². The molecule has 9 nitrogen and oxygen atoms in total. The van der Waals surface area contributed by atoms with Crippen LogP contribution in [0, 0.1) is 0 Å². The summed E-state index contributed by atoms with van der Waals surface area (Å²) in [6, 6.07) is 0. The van der Waals surface area contributed by atoms with Gasteiger partial charge in [0.2, 0.25) is 0 Å². The van der Waals surface area contributed by atoms with Crippen LogP contribution in [0.5, 0.6) is 0 Å². The van der Waals surface area contributed by atoms with Gasteiger partial charge in [-0.25, -0.2) is 0 Å². The number of hydrogen-bond acceptors (Lipinski definition) is 5. The van der Waals surface area contributed by atoms with Gasteiger partial charge in [0, 0.05) is 25.7 Å². The van der Waals surface area contributed by atoms with E-state index in [-0.39, 0.29) is 38.3 Å². The van der Waals surface area contributed by atoms with Gasteiger partial charge in [-0.2, -0.15) is 0 Å². The van der Waals surface area contributed by atoms with Crippen molar-refractivity contribution in [2.24, 2.45) is 0 Å². The SMILES string of the molecule is N.O=C(O)CCCC(=O)O.O=C(O)CCCCCCC(=O)O. The Balaban J connectivity index is -0.000000326. The monoisotopic (exact) mass is 323 g/mol. The zero-order valence-corrected chi connectivity index (χ0v) is 12.5. The van der Waals surface area contributed by atoms with E-state index in [1.165, 1.54) is 0 Å². The van der Waals surface area contributed by atoms with Crippen LogP contribution in [0.15, 0.2) is 0 Å². The molecule has 130 valence electrons. The van der Waals surface area contributed by atoms with E-state index in [0.717, 1.165) is 12.8 Å². The Morgan fingerprint density at radius 2 is 0.682 bits per heavy atom. The molecule has 0 saturated heterocycles. The average Bonchev–Trinajstić information content (AvgIpc) is 2.32. The van der Waals surface area contributed by atoms with Crippen LogP contribution in [-0.4, -0.2) is 44.3 Å². The Hall–Kier alpha value is -2.16. The van der Waals surface area contributed by atoms with E-state index >= 15 is 0 Å². The molecule has 22 heavy (non-hydrogen) atoms. The highest BCUT2D eigenvalue weighted by atomic mass is 16.4. The van der Waals surface area contributed by atoms with Crippen LogP contribution in [0.25, 0.3) is 0 Å². The van der Waals surface area contributed by atoms with Gasteiger partial charge in [-0.1, -0.05) is 12.8 Å². The van der Waals surface area contributed by atoms with Crippen LogP contribution in [0.2, 0.25) is 0 Å². The van der Waals surface area contributed by atoms with Crippen molar-refractivity contribution in [3.8, 4) is 0 Å². The largest absolute Gasteiger partial charge is 0.481 e. The molecule has 0 saturated carbocycles. The maximum absolute atomic E-state index is 10.0. The molecule has 0 fully saturated rings. The van der Waals surface area contributed by atoms with E-state index in [1.807, 2.05) is 0 Å². The summed E-state index contributed by atoms with van der Waals surface area (Å²) in [5.41, 5.74) is 0. The summed E-state index contributed by atoms with van der Waals surface area (Å²) in [6.45, 7) is 0. The first-order chi connectivity index (χ1) is 9.75. The summed E-state index contributed by atoms with van der Waals surface area (Å²) in [7, 11) is 0. The van der Waals surface area contributed by atoms with Crippen LogP contribution in [0.4, 0.5) is 0 Å².